The maximum absolute atomic E-state index is 14.2. The molecule has 0 saturated carbocycles. The first-order chi connectivity index (χ1) is 15.9. The van der Waals surface area contributed by atoms with Gasteiger partial charge in [0.25, 0.3) is 5.91 Å². The minimum Gasteiger partial charge on any atom is -0.465 e. The van der Waals surface area contributed by atoms with Crippen LogP contribution >= 0.6 is 23.2 Å². The second-order valence-corrected chi connectivity index (χ2v) is 9.38. The van der Waals surface area contributed by atoms with E-state index in [1.807, 2.05) is 0 Å². The summed E-state index contributed by atoms with van der Waals surface area (Å²) in [5, 5.41) is 3.97. The molecule has 4 heterocycles. The van der Waals surface area contributed by atoms with Crippen LogP contribution in [0.25, 0.3) is 0 Å². The van der Waals surface area contributed by atoms with Gasteiger partial charge in [0, 0.05) is 23.2 Å². The van der Waals surface area contributed by atoms with E-state index in [1.54, 1.807) is 30.3 Å². The predicted octanol–water partition coefficient (Wildman–Crippen LogP) is 3.42. The summed E-state index contributed by atoms with van der Waals surface area (Å²) >= 11 is 12.9. The van der Waals surface area contributed by atoms with Crippen LogP contribution < -0.4 is 10.2 Å². The van der Waals surface area contributed by atoms with Crippen LogP contribution in [0, 0.1) is 5.92 Å². The first-order valence-corrected chi connectivity index (χ1v) is 11.3. The Hall–Kier alpha value is -3.10. The molecule has 10 heteroatoms. The topological polar surface area (TPSA) is 91.3 Å². The number of amides is 2. The van der Waals surface area contributed by atoms with Gasteiger partial charge >= 0.3 is 5.97 Å². The number of benzene rings is 2. The summed E-state index contributed by atoms with van der Waals surface area (Å²) in [6.45, 7) is 0.725. The molecule has 2 aromatic carbocycles. The Morgan fingerprint density at radius 3 is 2.85 bits per heavy atom. The molecule has 6 rings (SSSR count). The third kappa shape index (κ3) is 2.59. The standard InChI is InChI=1S/C23H18Cl2N4O4/c1-33-20(31)11-4-2-5-13(8-11)29-19(30)17-16-6-3-7-28(16)22-26-18-14(9-12(24)10-15(18)25)23(17,27-22)21(29)32/h2,4-5,8-10,16-17H,3,6-7H2,1H3,(H,26,27). The lowest BCUT2D eigenvalue weighted by Gasteiger charge is -2.46. The molecule has 3 atom stereocenters. The molecular weight excluding hydrogens is 467 g/mol. The number of rotatable bonds is 2. The molecule has 2 saturated heterocycles. The molecule has 0 aliphatic carbocycles. The lowest BCUT2D eigenvalue weighted by molar-refractivity contribution is -0.123. The average Bonchev–Trinajstić information content (AvgIpc) is 3.36. The molecule has 168 valence electrons. The molecule has 0 aromatic heterocycles. The first kappa shape index (κ1) is 20.5. The number of hydrogen-bond donors (Lipinski definition) is 1. The lowest BCUT2D eigenvalue weighted by Crippen LogP contribution is -2.59. The van der Waals surface area contributed by atoms with Gasteiger partial charge in [-0.25, -0.2) is 14.7 Å². The molecule has 2 fully saturated rings. The summed E-state index contributed by atoms with van der Waals surface area (Å²) in [7, 11) is 1.28. The van der Waals surface area contributed by atoms with E-state index in [0.29, 0.717) is 32.9 Å². The molecule has 2 amide bonds. The van der Waals surface area contributed by atoms with E-state index in [-0.39, 0.29) is 17.5 Å². The van der Waals surface area contributed by atoms with Gasteiger partial charge in [-0.05, 0) is 43.2 Å². The zero-order valence-electron chi connectivity index (χ0n) is 17.5. The maximum atomic E-state index is 14.2. The first-order valence-electron chi connectivity index (χ1n) is 10.6. The van der Waals surface area contributed by atoms with Crippen molar-refractivity contribution in [3.8, 4) is 0 Å². The Morgan fingerprint density at radius 1 is 1.24 bits per heavy atom. The summed E-state index contributed by atoms with van der Waals surface area (Å²) in [5.74, 6) is -1.60. The molecule has 8 nitrogen and oxygen atoms in total. The smallest absolute Gasteiger partial charge is 0.337 e. The SMILES string of the molecule is COC(=O)c1cccc(N2C(=O)C3C4CCCN4C4=NC3(C2=O)c2cc(Cl)cc(Cl)c2N4)c1. The number of carbonyl (C=O) groups excluding carboxylic acids is 3. The van der Waals surface area contributed by atoms with Crippen LogP contribution in [-0.4, -0.2) is 48.3 Å². The third-order valence-electron chi connectivity index (χ3n) is 6.93. The molecule has 0 radical (unpaired) electrons. The van der Waals surface area contributed by atoms with Gasteiger partial charge in [0.05, 0.1) is 35.0 Å². The fraction of sp³-hybridized carbons (Fsp3) is 0.304. The highest BCUT2D eigenvalue weighted by Gasteiger charge is 2.69. The Balaban J connectivity index is 1.58. The number of esters is 1. The van der Waals surface area contributed by atoms with Crippen molar-refractivity contribution in [3.63, 3.8) is 0 Å². The zero-order valence-corrected chi connectivity index (χ0v) is 19.0. The Kier molecular flexibility index (Phi) is 4.32. The van der Waals surface area contributed by atoms with Crippen molar-refractivity contribution in [3.05, 3.63) is 57.6 Å². The van der Waals surface area contributed by atoms with Gasteiger partial charge in [-0.1, -0.05) is 29.3 Å². The van der Waals surface area contributed by atoms with Gasteiger partial charge in [0.2, 0.25) is 5.91 Å². The molecule has 1 N–H and O–H groups in total. The predicted molar refractivity (Wildman–Crippen MR) is 123 cm³/mol. The van der Waals surface area contributed by atoms with E-state index in [1.165, 1.54) is 13.2 Å². The molecular formula is C23H18Cl2N4O4. The highest BCUT2D eigenvalue weighted by atomic mass is 35.5. The molecule has 2 aromatic rings. The van der Waals surface area contributed by atoms with Crippen molar-refractivity contribution < 1.29 is 19.1 Å². The maximum Gasteiger partial charge on any atom is 0.337 e. The zero-order chi connectivity index (χ0) is 23.1. The number of aliphatic imine (C=N–C) groups is 1. The fourth-order valence-electron chi connectivity index (χ4n) is 5.61. The number of ether oxygens (including phenoxy) is 1. The van der Waals surface area contributed by atoms with Crippen LogP contribution in [0.2, 0.25) is 10.0 Å². The van der Waals surface area contributed by atoms with Gasteiger partial charge in [-0.2, -0.15) is 0 Å². The van der Waals surface area contributed by atoms with Crippen molar-refractivity contribution in [1.29, 1.82) is 0 Å². The minimum atomic E-state index is -1.48. The van der Waals surface area contributed by atoms with Crippen LogP contribution in [0.1, 0.15) is 28.8 Å². The van der Waals surface area contributed by atoms with Crippen molar-refractivity contribution in [2.45, 2.75) is 24.4 Å². The fourth-order valence-corrected chi connectivity index (χ4v) is 6.15. The van der Waals surface area contributed by atoms with Crippen LogP contribution in [0.4, 0.5) is 11.4 Å². The van der Waals surface area contributed by atoms with E-state index in [2.05, 4.69) is 10.2 Å². The molecule has 4 aliphatic rings. The van der Waals surface area contributed by atoms with Crippen LogP contribution in [0.15, 0.2) is 41.4 Å². The van der Waals surface area contributed by atoms with E-state index in [4.69, 9.17) is 32.9 Å². The minimum absolute atomic E-state index is 0.193. The number of fused-ring (bicyclic) bond motifs is 4. The Bertz CT molecular complexity index is 1300. The van der Waals surface area contributed by atoms with E-state index in [0.717, 1.165) is 24.3 Å². The summed E-state index contributed by atoms with van der Waals surface area (Å²) < 4.78 is 4.80. The number of imide groups is 1. The number of guanidine groups is 1. The van der Waals surface area contributed by atoms with Crippen LogP contribution in [0.3, 0.4) is 0 Å². The number of nitrogens with zero attached hydrogens (tertiary/aromatic N) is 3. The van der Waals surface area contributed by atoms with E-state index in [9.17, 15) is 14.4 Å². The molecule has 33 heavy (non-hydrogen) atoms. The number of methoxy groups -OCH3 is 1. The lowest BCUT2D eigenvalue weighted by atomic mass is 9.73. The second-order valence-electron chi connectivity index (χ2n) is 8.54. The van der Waals surface area contributed by atoms with Gasteiger partial charge in [0.15, 0.2) is 11.5 Å². The molecule has 4 aliphatic heterocycles. The van der Waals surface area contributed by atoms with Gasteiger partial charge in [0.1, 0.15) is 0 Å². The van der Waals surface area contributed by atoms with Crippen LogP contribution in [0.5, 0.6) is 0 Å². The van der Waals surface area contributed by atoms with Crippen molar-refractivity contribution >= 4 is 58.3 Å². The van der Waals surface area contributed by atoms with Gasteiger partial charge in [-0.3, -0.25) is 9.59 Å². The third-order valence-corrected chi connectivity index (χ3v) is 7.45. The van der Waals surface area contributed by atoms with Crippen molar-refractivity contribution in [2.75, 3.05) is 23.9 Å². The van der Waals surface area contributed by atoms with Crippen LogP contribution in [-0.2, 0) is 19.9 Å². The number of hydrogen-bond acceptors (Lipinski definition) is 7. The van der Waals surface area contributed by atoms with Crippen molar-refractivity contribution in [1.82, 2.24) is 4.90 Å². The van der Waals surface area contributed by atoms with Crippen molar-refractivity contribution in [2.24, 2.45) is 10.9 Å². The average molecular weight is 485 g/mol. The molecule has 2 bridgehead atoms. The second kappa shape index (κ2) is 6.95. The number of halogens is 2. The highest BCUT2D eigenvalue weighted by Crippen LogP contribution is 2.56. The highest BCUT2D eigenvalue weighted by molar-refractivity contribution is 6.38. The molecule has 1 spiro atoms. The summed E-state index contributed by atoms with van der Waals surface area (Å²) in [6.07, 6.45) is 1.63. The Morgan fingerprint density at radius 2 is 2.06 bits per heavy atom. The molecule has 3 unspecified atom stereocenters. The van der Waals surface area contributed by atoms with E-state index >= 15 is 0 Å². The summed E-state index contributed by atoms with van der Waals surface area (Å²) in [5.41, 5.74) is 0.0875. The largest absolute Gasteiger partial charge is 0.465 e. The summed E-state index contributed by atoms with van der Waals surface area (Å²) in [6, 6.07) is 9.36. The number of nitrogens with one attached hydrogen (secondary N) is 1. The number of carbonyl (C=O) groups is 3. The monoisotopic (exact) mass is 484 g/mol. The number of anilines is 2. The normalized spacial score (nSPS) is 26.9. The Labute approximate surface area is 199 Å². The van der Waals surface area contributed by atoms with Gasteiger partial charge < -0.3 is 15.0 Å². The van der Waals surface area contributed by atoms with Gasteiger partial charge in [-0.15, -0.1) is 0 Å². The van der Waals surface area contributed by atoms with E-state index < -0.39 is 23.3 Å². The quantitative estimate of drug-likeness (QED) is 0.518. The summed E-state index contributed by atoms with van der Waals surface area (Å²) in [4.78, 5) is 48.2.